The van der Waals surface area contributed by atoms with Crippen LogP contribution in [0.25, 0.3) is 0 Å². The van der Waals surface area contributed by atoms with E-state index in [0.29, 0.717) is 11.7 Å². The molecule has 2 aromatic rings. The van der Waals surface area contributed by atoms with Crippen LogP contribution in [0.1, 0.15) is 11.7 Å². The molecule has 0 bridgehead atoms. The molecular formula is C14H13NO3. The first kappa shape index (κ1) is 10.8. The Morgan fingerprint density at radius 2 is 1.94 bits per heavy atom. The van der Waals surface area contributed by atoms with Gasteiger partial charge in [0.1, 0.15) is 0 Å². The molecular weight excluding hydrogens is 230 g/mol. The first-order valence-electron chi connectivity index (χ1n) is 5.88. The molecule has 0 aliphatic heterocycles. The van der Waals surface area contributed by atoms with Crippen molar-refractivity contribution in [3.8, 4) is 0 Å². The zero-order chi connectivity index (χ0) is 13.8. The predicted molar refractivity (Wildman–Crippen MR) is 69.0 cm³/mol. The fraction of sp³-hybridized carbons (Fsp3) is 0.0714. The molecule has 4 nitrogen and oxygen atoms in total. The van der Waals surface area contributed by atoms with E-state index < -0.39 is 5.97 Å². The predicted octanol–water partition coefficient (Wildman–Crippen LogP) is 3.08. The summed E-state index contributed by atoms with van der Waals surface area (Å²) in [5, 5.41) is 8.51. The lowest BCUT2D eigenvalue weighted by Crippen LogP contribution is -2.14. The molecule has 92 valence electrons. The lowest BCUT2D eigenvalue weighted by Gasteiger charge is -2.21. The van der Waals surface area contributed by atoms with Gasteiger partial charge < -0.3 is 4.90 Å². The molecule has 2 aromatic carbocycles. The van der Waals surface area contributed by atoms with Crippen LogP contribution >= 0.6 is 0 Å². The van der Waals surface area contributed by atoms with Gasteiger partial charge in [-0.05, 0) is 24.3 Å². The third-order valence-corrected chi connectivity index (χ3v) is 2.65. The van der Waals surface area contributed by atoms with E-state index in [1.165, 1.54) is 0 Å². The second-order valence-electron chi connectivity index (χ2n) is 3.72. The molecule has 0 saturated carbocycles. The molecule has 4 heteroatoms. The molecule has 0 radical (unpaired) electrons. The second-order valence-corrected chi connectivity index (χ2v) is 3.72. The highest BCUT2D eigenvalue weighted by molar-refractivity contribution is 5.96. The van der Waals surface area contributed by atoms with Gasteiger partial charge in [-0.15, -0.1) is 0 Å². The van der Waals surface area contributed by atoms with Crippen LogP contribution in [0, 0.1) is 0 Å². The van der Waals surface area contributed by atoms with E-state index in [-0.39, 0.29) is 5.56 Å². The number of anilines is 2. The lowest BCUT2D eigenvalue weighted by atomic mass is 10.1. The fourth-order valence-corrected chi connectivity index (χ4v) is 1.72. The van der Waals surface area contributed by atoms with Gasteiger partial charge in [-0.25, -0.2) is 4.79 Å². The SMILES string of the molecule is [2H]c1cccc(N(C)c2ccccc2C(=O)OO)c1. The summed E-state index contributed by atoms with van der Waals surface area (Å²) in [7, 11) is 1.78. The Kier molecular flexibility index (Phi) is 3.20. The van der Waals surface area contributed by atoms with Crippen molar-refractivity contribution in [2.75, 3.05) is 11.9 Å². The molecule has 0 aromatic heterocycles. The Morgan fingerprint density at radius 3 is 2.67 bits per heavy atom. The molecule has 18 heavy (non-hydrogen) atoms. The molecule has 0 aliphatic rings. The van der Waals surface area contributed by atoms with Crippen molar-refractivity contribution >= 4 is 17.3 Å². The summed E-state index contributed by atoms with van der Waals surface area (Å²) in [4.78, 5) is 17.0. The molecule has 0 saturated heterocycles. The first-order valence-corrected chi connectivity index (χ1v) is 5.38. The molecule has 0 amide bonds. The average molecular weight is 244 g/mol. The van der Waals surface area contributed by atoms with Gasteiger partial charge in [0, 0.05) is 12.7 Å². The van der Waals surface area contributed by atoms with Gasteiger partial charge in [-0.1, -0.05) is 30.3 Å². The van der Waals surface area contributed by atoms with E-state index in [9.17, 15) is 4.79 Å². The Morgan fingerprint density at radius 1 is 1.22 bits per heavy atom. The van der Waals surface area contributed by atoms with Crippen LogP contribution in [0.5, 0.6) is 0 Å². The van der Waals surface area contributed by atoms with Crippen molar-refractivity contribution in [1.29, 1.82) is 0 Å². The number of benzene rings is 2. The average Bonchev–Trinajstić information content (AvgIpc) is 2.45. The number of hydrogen-bond donors (Lipinski definition) is 1. The van der Waals surface area contributed by atoms with Gasteiger partial charge in [0.05, 0.1) is 12.6 Å². The van der Waals surface area contributed by atoms with Crippen LogP contribution in [0.2, 0.25) is 0 Å². The number of hydrogen-bond acceptors (Lipinski definition) is 4. The van der Waals surface area contributed by atoms with Crippen molar-refractivity contribution in [2.24, 2.45) is 0 Å². The minimum atomic E-state index is -0.815. The maximum absolute atomic E-state index is 11.5. The number of nitrogens with zero attached hydrogens (tertiary/aromatic N) is 1. The molecule has 0 spiro atoms. The van der Waals surface area contributed by atoms with Gasteiger partial charge in [0.15, 0.2) is 0 Å². The summed E-state index contributed by atoms with van der Waals surface area (Å²) in [6.45, 7) is 0. The maximum atomic E-state index is 11.5. The summed E-state index contributed by atoms with van der Waals surface area (Å²) >= 11 is 0. The maximum Gasteiger partial charge on any atom is 0.374 e. The third kappa shape index (κ3) is 2.33. The Balaban J connectivity index is 2.44. The smallest absolute Gasteiger partial charge is 0.344 e. The van der Waals surface area contributed by atoms with E-state index in [4.69, 9.17) is 6.63 Å². The summed E-state index contributed by atoms with van der Waals surface area (Å²) < 4.78 is 7.61. The largest absolute Gasteiger partial charge is 0.374 e. The van der Waals surface area contributed by atoms with Gasteiger partial charge in [-0.2, -0.15) is 5.26 Å². The first-order chi connectivity index (χ1) is 9.13. The van der Waals surface area contributed by atoms with Crippen molar-refractivity contribution in [1.82, 2.24) is 0 Å². The highest BCUT2D eigenvalue weighted by Gasteiger charge is 2.15. The molecule has 0 unspecified atom stereocenters. The van der Waals surface area contributed by atoms with E-state index in [1.54, 1.807) is 54.4 Å². The van der Waals surface area contributed by atoms with E-state index >= 15 is 0 Å². The Labute approximate surface area is 106 Å². The highest BCUT2D eigenvalue weighted by atomic mass is 17.1. The van der Waals surface area contributed by atoms with Gasteiger partial charge in [-0.3, -0.25) is 4.89 Å². The molecule has 0 aliphatic carbocycles. The number of carbonyl (C=O) groups is 1. The lowest BCUT2D eigenvalue weighted by molar-refractivity contribution is -0.182. The summed E-state index contributed by atoms with van der Waals surface area (Å²) in [6, 6.07) is 14.1. The number of para-hydroxylation sites is 2. The zero-order valence-electron chi connectivity index (χ0n) is 10.8. The summed E-state index contributed by atoms with van der Waals surface area (Å²) in [6.07, 6.45) is 0. The van der Waals surface area contributed by atoms with Crippen molar-refractivity contribution in [3.05, 3.63) is 60.1 Å². The van der Waals surface area contributed by atoms with Gasteiger partial charge in [0.2, 0.25) is 0 Å². The molecule has 2 rings (SSSR count). The van der Waals surface area contributed by atoms with E-state index in [1.807, 2.05) is 6.07 Å². The molecule has 0 fully saturated rings. The topological polar surface area (TPSA) is 49.8 Å². The fourth-order valence-electron chi connectivity index (χ4n) is 1.72. The van der Waals surface area contributed by atoms with E-state index in [0.717, 1.165) is 5.69 Å². The second kappa shape index (κ2) is 5.33. The molecule has 1 N–H and O–H groups in total. The zero-order valence-corrected chi connectivity index (χ0v) is 9.83. The minimum Gasteiger partial charge on any atom is -0.344 e. The van der Waals surface area contributed by atoms with Crippen LogP contribution < -0.4 is 4.90 Å². The van der Waals surface area contributed by atoms with E-state index in [2.05, 4.69) is 4.89 Å². The summed E-state index contributed by atoms with van der Waals surface area (Å²) in [5.74, 6) is -0.815. The van der Waals surface area contributed by atoms with Crippen molar-refractivity contribution in [3.63, 3.8) is 0 Å². The Bertz CT molecular complexity index is 601. The quantitative estimate of drug-likeness (QED) is 0.665. The van der Waals surface area contributed by atoms with Crippen molar-refractivity contribution in [2.45, 2.75) is 0 Å². The van der Waals surface area contributed by atoms with Crippen LogP contribution in [0.3, 0.4) is 0 Å². The van der Waals surface area contributed by atoms with Gasteiger partial charge in [0.25, 0.3) is 0 Å². The number of carbonyl (C=O) groups excluding carboxylic acids is 1. The van der Waals surface area contributed by atoms with Crippen LogP contribution in [-0.4, -0.2) is 18.3 Å². The van der Waals surface area contributed by atoms with Crippen LogP contribution in [0.15, 0.2) is 54.6 Å². The number of rotatable bonds is 3. The van der Waals surface area contributed by atoms with Crippen molar-refractivity contribution < 1.29 is 16.3 Å². The monoisotopic (exact) mass is 244 g/mol. The Hall–Kier alpha value is -2.33. The summed E-state index contributed by atoms with van der Waals surface area (Å²) in [5.41, 5.74) is 1.61. The van der Waals surface area contributed by atoms with Gasteiger partial charge >= 0.3 is 5.97 Å². The molecule has 0 atom stereocenters. The third-order valence-electron chi connectivity index (χ3n) is 2.65. The highest BCUT2D eigenvalue weighted by Crippen LogP contribution is 2.26. The minimum absolute atomic E-state index is 0.253. The van der Waals surface area contributed by atoms with Crippen LogP contribution in [-0.2, 0) is 4.89 Å². The van der Waals surface area contributed by atoms with Crippen LogP contribution in [0.4, 0.5) is 11.4 Å². The normalized spacial score (nSPS) is 10.7. The standard InChI is InChI=1S/C14H13NO3/c1-15(11-7-3-2-4-8-11)13-10-6-5-9-12(13)14(16)18-17/h2-10,17H,1H3/i3D. The molecule has 0 heterocycles.